The third-order valence-electron chi connectivity index (χ3n) is 4.66. The van der Waals surface area contributed by atoms with Crippen LogP contribution < -0.4 is 10.2 Å². The van der Waals surface area contributed by atoms with Crippen molar-refractivity contribution in [3.63, 3.8) is 0 Å². The van der Waals surface area contributed by atoms with Crippen molar-refractivity contribution in [2.75, 3.05) is 28.3 Å². The number of hydrogen-bond acceptors (Lipinski definition) is 5. The molecule has 1 fully saturated rings. The molecule has 0 spiro atoms. The number of rotatable bonds is 7. The van der Waals surface area contributed by atoms with Gasteiger partial charge in [-0.2, -0.15) is 0 Å². The van der Waals surface area contributed by atoms with Crippen LogP contribution in [0.4, 0.5) is 11.5 Å². The lowest BCUT2D eigenvalue weighted by molar-refractivity contribution is -0.120. The number of sulfone groups is 1. The third kappa shape index (κ3) is 4.47. The summed E-state index contributed by atoms with van der Waals surface area (Å²) in [6.07, 6.45) is 3.91. The van der Waals surface area contributed by atoms with Crippen LogP contribution in [0.1, 0.15) is 40.0 Å². The number of pyridine rings is 1. The van der Waals surface area contributed by atoms with Gasteiger partial charge in [-0.05, 0) is 38.3 Å². The minimum atomic E-state index is -2.92. The molecule has 1 amide bonds. The fourth-order valence-corrected chi connectivity index (χ4v) is 4.89. The average Bonchev–Trinajstić information content (AvgIpc) is 2.91. The largest absolute Gasteiger partial charge is 0.353 e. The van der Waals surface area contributed by atoms with Crippen LogP contribution in [-0.4, -0.2) is 43.4 Å². The zero-order valence-corrected chi connectivity index (χ0v) is 15.5. The third-order valence-corrected chi connectivity index (χ3v) is 6.41. The fourth-order valence-electron chi connectivity index (χ4n) is 3.16. The first-order chi connectivity index (χ1) is 11.4. The number of aromatic nitrogens is 1. The van der Waals surface area contributed by atoms with Gasteiger partial charge < -0.3 is 10.2 Å². The van der Waals surface area contributed by atoms with Crippen molar-refractivity contribution in [1.82, 2.24) is 4.98 Å². The van der Waals surface area contributed by atoms with E-state index in [1.54, 1.807) is 6.20 Å². The molecule has 1 unspecified atom stereocenters. The molecule has 1 saturated heterocycles. The van der Waals surface area contributed by atoms with Crippen molar-refractivity contribution < 1.29 is 13.2 Å². The molecule has 1 N–H and O–H groups in total. The van der Waals surface area contributed by atoms with Crippen molar-refractivity contribution in [1.29, 1.82) is 0 Å². The van der Waals surface area contributed by atoms with Gasteiger partial charge in [0.05, 0.1) is 23.4 Å². The SMILES string of the molecule is CCC(CC)C(=O)Nc1ccc(N(CC)C2CCS(=O)(=O)C2)nc1. The van der Waals surface area contributed by atoms with E-state index in [0.29, 0.717) is 18.7 Å². The van der Waals surface area contributed by atoms with Crippen LogP contribution in [0.25, 0.3) is 0 Å². The number of amides is 1. The van der Waals surface area contributed by atoms with Crippen LogP contribution in [-0.2, 0) is 14.6 Å². The van der Waals surface area contributed by atoms with E-state index < -0.39 is 9.84 Å². The van der Waals surface area contributed by atoms with Gasteiger partial charge in [0.15, 0.2) is 9.84 Å². The summed E-state index contributed by atoms with van der Waals surface area (Å²) >= 11 is 0. The van der Waals surface area contributed by atoms with Gasteiger partial charge in [-0.3, -0.25) is 4.79 Å². The van der Waals surface area contributed by atoms with E-state index in [1.165, 1.54) is 0 Å². The quantitative estimate of drug-likeness (QED) is 0.814. The summed E-state index contributed by atoms with van der Waals surface area (Å²) in [4.78, 5) is 18.6. The summed E-state index contributed by atoms with van der Waals surface area (Å²) in [5.41, 5.74) is 0.672. The van der Waals surface area contributed by atoms with Crippen LogP contribution >= 0.6 is 0 Å². The average molecular weight is 353 g/mol. The molecule has 0 aromatic carbocycles. The number of carbonyl (C=O) groups excluding carboxylic acids is 1. The molecule has 2 heterocycles. The zero-order chi connectivity index (χ0) is 17.7. The lowest BCUT2D eigenvalue weighted by Crippen LogP contribution is -2.36. The predicted octanol–water partition coefficient (Wildman–Crippen LogP) is 2.47. The summed E-state index contributed by atoms with van der Waals surface area (Å²) in [7, 11) is -2.92. The Labute approximate surface area is 144 Å². The summed E-state index contributed by atoms with van der Waals surface area (Å²) in [6, 6.07) is 3.66. The van der Waals surface area contributed by atoms with E-state index in [4.69, 9.17) is 0 Å². The Kier molecular flexibility index (Phi) is 6.21. The fraction of sp³-hybridized carbons (Fsp3) is 0.647. The first-order valence-corrected chi connectivity index (χ1v) is 10.5. The normalized spacial score (nSPS) is 19.4. The van der Waals surface area contributed by atoms with Gasteiger partial charge in [0, 0.05) is 18.5 Å². The number of hydrogen-bond donors (Lipinski definition) is 1. The van der Waals surface area contributed by atoms with E-state index >= 15 is 0 Å². The Bertz CT molecular complexity index is 654. The molecule has 7 heteroatoms. The highest BCUT2D eigenvalue weighted by molar-refractivity contribution is 7.91. The smallest absolute Gasteiger partial charge is 0.227 e. The second-order valence-corrected chi connectivity index (χ2v) is 8.48. The molecule has 0 aliphatic carbocycles. The standard InChI is InChI=1S/C17H27N3O3S/c1-4-13(5-2)17(21)19-14-7-8-16(18-11-14)20(6-3)15-9-10-24(22,23)12-15/h7-8,11,13,15H,4-6,9-10,12H2,1-3H3,(H,19,21). The van der Waals surface area contributed by atoms with E-state index in [1.807, 2.05) is 37.8 Å². The van der Waals surface area contributed by atoms with Gasteiger partial charge in [-0.1, -0.05) is 13.8 Å². The molecule has 1 aromatic rings. The summed E-state index contributed by atoms with van der Waals surface area (Å²) in [5.74, 6) is 1.22. The van der Waals surface area contributed by atoms with E-state index in [9.17, 15) is 13.2 Å². The molecular formula is C17H27N3O3S. The first-order valence-electron chi connectivity index (χ1n) is 8.64. The number of anilines is 2. The molecule has 1 aliphatic rings. The molecule has 1 aromatic heterocycles. The van der Waals surface area contributed by atoms with Crippen LogP contribution in [0.3, 0.4) is 0 Å². The van der Waals surface area contributed by atoms with Gasteiger partial charge >= 0.3 is 0 Å². The topological polar surface area (TPSA) is 79.4 Å². The minimum absolute atomic E-state index is 0.0144. The van der Waals surface area contributed by atoms with Gasteiger partial charge in [0.1, 0.15) is 5.82 Å². The first kappa shape index (κ1) is 18.7. The molecule has 0 bridgehead atoms. The van der Waals surface area contributed by atoms with Gasteiger partial charge in [-0.15, -0.1) is 0 Å². The summed E-state index contributed by atoms with van der Waals surface area (Å²) in [5, 5.41) is 2.89. The minimum Gasteiger partial charge on any atom is -0.353 e. The number of carbonyl (C=O) groups is 1. The van der Waals surface area contributed by atoms with Gasteiger partial charge in [0.2, 0.25) is 5.91 Å². The van der Waals surface area contributed by atoms with Gasteiger partial charge in [0.25, 0.3) is 0 Å². The Balaban J connectivity index is 2.06. The maximum absolute atomic E-state index is 12.1. The number of nitrogens with zero attached hydrogens (tertiary/aromatic N) is 2. The zero-order valence-electron chi connectivity index (χ0n) is 14.7. The molecule has 0 radical (unpaired) electrons. The van der Waals surface area contributed by atoms with E-state index in [0.717, 1.165) is 18.7 Å². The van der Waals surface area contributed by atoms with Crippen molar-refractivity contribution in [3.05, 3.63) is 18.3 Å². The van der Waals surface area contributed by atoms with Crippen molar-refractivity contribution in [3.8, 4) is 0 Å². The maximum atomic E-state index is 12.1. The van der Waals surface area contributed by atoms with Crippen LogP contribution in [0, 0.1) is 5.92 Å². The van der Waals surface area contributed by atoms with Crippen molar-refractivity contribution >= 4 is 27.2 Å². The van der Waals surface area contributed by atoms with Crippen molar-refractivity contribution in [2.45, 2.75) is 46.1 Å². The van der Waals surface area contributed by atoms with E-state index in [2.05, 4.69) is 10.3 Å². The molecule has 1 aliphatic heterocycles. The Morgan fingerprint density at radius 1 is 1.33 bits per heavy atom. The lowest BCUT2D eigenvalue weighted by atomic mass is 10.0. The Hall–Kier alpha value is -1.63. The molecule has 0 saturated carbocycles. The Morgan fingerprint density at radius 2 is 2.04 bits per heavy atom. The second-order valence-electron chi connectivity index (χ2n) is 6.25. The van der Waals surface area contributed by atoms with Crippen LogP contribution in [0.5, 0.6) is 0 Å². The predicted molar refractivity (Wildman–Crippen MR) is 97.0 cm³/mol. The lowest BCUT2D eigenvalue weighted by Gasteiger charge is -2.28. The van der Waals surface area contributed by atoms with Crippen LogP contribution in [0.2, 0.25) is 0 Å². The maximum Gasteiger partial charge on any atom is 0.227 e. The second kappa shape index (κ2) is 7.96. The molecule has 134 valence electrons. The molecule has 24 heavy (non-hydrogen) atoms. The summed E-state index contributed by atoms with van der Waals surface area (Å²) < 4.78 is 23.4. The highest BCUT2D eigenvalue weighted by Gasteiger charge is 2.32. The van der Waals surface area contributed by atoms with E-state index in [-0.39, 0.29) is 29.4 Å². The van der Waals surface area contributed by atoms with Gasteiger partial charge in [-0.25, -0.2) is 13.4 Å². The molecule has 2 rings (SSSR count). The molecular weight excluding hydrogens is 326 g/mol. The highest BCUT2D eigenvalue weighted by atomic mass is 32.2. The molecule has 6 nitrogen and oxygen atoms in total. The molecule has 1 atom stereocenters. The highest BCUT2D eigenvalue weighted by Crippen LogP contribution is 2.23. The van der Waals surface area contributed by atoms with Crippen molar-refractivity contribution in [2.24, 2.45) is 5.92 Å². The monoisotopic (exact) mass is 353 g/mol. The number of nitrogens with one attached hydrogen (secondary N) is 1. The Morgan fingerprint density at radius 3 is 2.50 bits per heavy atom. The summed E-state index contributed by atoms with van der Waals surface area (Å²) in [6.45, 7) is 6.70. The van der Waals surface area contributed by atoms with Crippen LogP contribution in [0.15, 0.2) is 18.3 Å².